The number of amides is 1. The number of ether oxygens (including phenoxy) is 3. The summed E-state index contributed by atoms with van der Waals surface area (Å²) < 4.78 is 54.1. The minimum atomic E-state index is -4.45. The van der Waals surface area contributed by atoms with E-state index in [1.54, 1.807) is 32.9 Å². The van der Waals surface area contributed by atoms with Gasteiger partial charge in [-0.05, 0) is 45.4 Å². The first-order valence-corrected chi connectivity index (χ1v) is 9.29. The van der Waals surface area contributed by atoms with E-state index in [4.69, 9.17) is 14.2 Å². The molecule has 27 heavy (non-hydrogen) atoms. The summed E-state index contributed by atoms with van der Waals surface area (Å²) in [5.41, 5.74) is -0.242. The monoisotopic (exact) mass is 453 g/mol. The highest BCUT2D eigenvalue weighted by Gasteiger charge is 2.33. The van der Waals surface area contributed by atoms with Gasteiger partial charge in [-0.1, -0.05) is 15.9 Å². The van der Waals surface area contributed by atoms with Crippen molar-refractivity contribution in [3.63, 3.8) is 0 Å². The lowest BCUT2D eigenvalue weighted by atomic mass is 10.1. The topological polar surface area (TPSA) is 48.0 Å². The van der Waals surface area contributed by atoms with Crippen LogP contribution >= 0.6 is 15.9 Å². The van der Waals surface area contributed by atoms with Crippen LogP contribution in [0.4, 0.5) is 18.0 Å². The van der Waals surface area contributed by atoms with E-state index < -0.39 is 24.5 Å². The molecular formula is C18H23BrF3NO4. The Kier molecular flexibility index (Phi) is 7.02. The first-order chi connectivity index (χ1) is 12.4. The van der Waals surface area contributed by atoms with Crippen molar-refractivity contribution in [2.75, 3.05) is 19.8 Å². The van der Waals surface area contributed by atoms with E-state index in [0.717, 1.165) is 0 Å². The summed E-state index contributed by atoms with van der Waals surface area (Å²) in [6.07, 6.45) is -4.36. The van der Waals surface area contributed by atoms with Gasteiger partial charge in [-0.3, -0.25) is 4.90 Å². The van der Waals surface area contributed by atoms with Crippen LogP contribution in [0.5, 0.6) is 5.75 Å². The summed E-state index contributed by atoms with van der Waals surface area (Å²) in [4.78, 5) is 14.2. The predicted molar refractivity (Wildman–Crippen MR) is 96.7 cm³/mol. The molecule has 0 aliphatic carbocycles. The quantitative estimate of drug-likeness (QED) is 0.634. The molecule has 0 spiro atoms. The highest BCUT2D eigenvalue weighted by atomic mass is 79.9. The lowest BCUT2D eigenvalue weighted by molar-refractivity contribution is -0.153. The molecule has 1 fully saturated rings. The zero-order valence-electron chi connectivity index (χ0n) is 15.4. The average molecular weight is 454 g/mol. The second-order valence-electron chi connectivity index (χ2n) is 7.28. The molecule has 0 radical (unpaired) electrons. The summed E-state index contributed by atoms with van der Waals surface area (Å²) in [6, 6.07) is 4.46. The number of hydrogen-bond donors (Lipinski definition) is 0. The number of hydrogen-bond acceptors (Lipinski definition) is 4. The molecule has 1 heterocycles. The van der Waals surface area contributed by atoms with Crippen LogP contribution in [-0.4, -0.2) is 48.6 Å². The standard InChI is InChI=1S/C18H23BrF3NO4/c1-17(2,3)27-16(24)23(14-6-7-25-10-14)9-12-8-13(19)4-5-15(12)26-11-18(20,21)22/h4-5,8,14H,6-7,9-11H2,1-3H3. The first kappa shape index (κ1) is 21.8. The Morgan fingerprint density at radius 3 is 2.59 bits per heavy atom. The van der Waals surface area contributed by atoms with Gasteiger partial charge in [-0.2, -0.15) is 13.2 Å². The molecule has 0 saturated carbocycles. The van der Waals surface area contributed by atoms with Crippen molar-refractivity contribution >= 4 is 22.0 Å². The molecule has 0 bridgehead atoms. The molecule has 1 amide bonds. The smallest absolute Gasteiger partial charge is 0.422 e. The number of alkyl halides is 3. The first-order valence-electron chi connectivity index (χ1n) is 8.50. The van der Waals surface area contributed by atoms with E-state index in [9.17, 15) is 18.0 Å². The Balaban J connectivity index is 2.25. The molecule has 5 nitrogen and oxygen atoms in total. The van der Waals surface area contributed by atoms with Gasteiger partial charge < -0.3 is 14.2 Å². The van der Waals surface area contributed by atoms with Gasteiger partial charge in [0.25, 0.3) is 0 Å². The van der Waals surface area contributed by atoms with Gasteiger partial charge in [-0.25, -0.2) is 4.79 Å². The average Bonchev–Trinajstić information content (AvgIpc) is 3.03. The second-order valence-corrected chi connectivity index (χ2v) is 8.20. The van der Waals surface area contributed by atoms with Crippen molar-refractivity contribution < 1.29 is 32.2 Å². The van der Waals surface area contributed by atoms with Crippen LogP contribution in [0.3, 0.4) is 0 Å². The molecule has 1 unspecified atom stereocenters. The Hall–Kier alpha value is -1.48. The van der Waals surface area contributed by atoms with Crippen LogP contribution in [-0.2, 0) is 16.0 Å². The molecule has 0 N–H and O–H groups in total. The maximum absolute atomic E-state index is 12.7. The predicted octanol–water partition coefficient (Wildman–Crippen LogP) is 4.92. The van der Waals surface area contributed by atoms with Crippen LogP contribution in [0.25, 0.3) is 0 Å². The molecular weight excluding hydrogens is 431 g/mol. The van der Waals surface area contributed by atoms with Gasteiger partial charge in [0, 0.05) is 16.6 Å². The highest BCUT2D eigenvalue weighted by Crippen LogP contribution is 2.29. The molecule has 2 rings (SSSR count). The van der Waals surface area contributed by atoms with Crippen LogP contribution < -0.4 is 4.74 Å². The van der Waals surface area contributed by atoms with Crippen LogP contribution in [0.15, 0.2) is 22.7 Å². The molecule has 1 aromatic carbocycles. The molecule has 9 heteroatoms. The largest absolute Gasteiger partial charge is 0.484 e. The summed E-state index contributed by atoms with van der Waals surface area (Å²) >= 11 is 3.31. The maximum Gasteiger partial charge on any atom is 0.422 e. The Morgan fingerprint density at radius 2 is 2.04 bits per heavy atom. The fraction of sp³-hybridized carbons (Fsp3) is 0.611. The molecule has 0 aromatic heterocycles. The molecule has 1 aromatic rings. The molecule has 152 valence electrons. The Labute approximate surface area is 164 Å². The van der Waals surface area contributed by atoms with E-state index in [0.29, 0.717) is 29.7 Å². The van der Waals surface area contributed by atoms with Crippen molar-refractivity contribution in [3.05, 3.63) is 28.2 Å². The van der Waals surface area contributed by atoms with Crippen LogP contribution in [0, 0.1) is 0 Å². The summed E-state index contributed by atoms with van der Waals surface area (Å²) in [5.74, 6) is 0.0722. The number of benzene rings is 1. The zero-order chi connectivity index (χ0) is 20.2. The fourth-order valence-corrected chi connectivity index (χ4v) is 3.00. The van der Waals surface area contributed by atoms with Crippen molar-refractivity contribution in [3.8, 4) is 5.75 Å². The maximum atomic E-state index is 12.7. The Morgan fingerprint density at radius 1 is 1.33 bits per heavy atom. The lowest BCUT2D eigenvalue weighted by Crippen LogP contribution is -2.43. The molecule has 1 atom stereocenters. The van der Waals surface area contributed by atoms with E-state index in [2.05, 4.69) is 15.9 Å². The van der Waals surface area contributed by atoms with Gasteiger partial charge >= 0.3 is 12.3 Å². The normalized spacial score (nSPS) is 17.7. The van der Waals surface area contributed by atoms with Crippen molar-refractivity contribution in [2.45, 2.75) is 51.6 Å². The van der Waals surface area contributed by atoms with Gasteiger partial charge in [0.05, 0.1) is 19.2 Å². The van der Waals surface area contributed by atoms with E-state index in [-0.39, 0.29) is 18.3 Å². The molecule has 1 aliphatic rings. The summed E-state index contributed by atoms with van der Waals surface area (Å²) in [6.45, 7) is 4.78. The van der Waals surface area contributed by atoms with Gasteiger partial charge in [0.1, 0.15) is 11.4 Å². The number of nitrogens with zero attached hydrogens (tertiary/aromatic N) is 1. The lowest BCUT2D eigenvalue weighted by Gasteiger charge is -2.31. The van der Waals surface area contributed by atoms with Crippen molar-refractivity contribution in [1.29, 1.82) is 0 Å². The number of rotatable bonds is 5. The second kappa shape index (κ2) is 8.68. The van der Waals surface area contributed by atoms with Crippen LogP contribution in [0.2, 0.25) is 0 Å². The third kappa shape index (κ3) is 7.21. The van der Waals surface area contributed by atoms with E-state index in [1.807, 2.05) is 0 Å². The molecule has 1 saturated heterocycles. The fourth-order valence-electron chi connectivity index (χ4n) is 2.59. The minimum absolute atomic E-state index is 0.0512. The third-order valence-corrected chi connectivity index (χ3v) is 4.22. The third-order valence-electron chi connectivity index (χ3n) is 3.73. The van der Waals surface area contributed by atoms with Gasteiger partial charge in [0.2, 0.25) is 0 Å². The SMILES string of the molecule is CC(C)(C)OC(=O)N(Cc1cc(Br)ccc1OCC(F)(F)F)C1CCOC1. The molecule has 1 aliphatic heterocycles. The number of carbonyl (C=O) groups is 1. The van der Waals surface area contributed by atoms with Crippen LogP contribution in [0.1, 0.15) is 32.8 Å². The van der Waals surface area contributed by atoms with E-state index in [1.165, 1.54) is 11.0 Å². The summed E-state index contributed by atoms with van der Waals surface area (Å²) in [7, 11) is 0. The Bertz CT molecular complexity index is 655. The van der Waals surface area contributed by atoms with Gasteiger partial charge in [0.15, 0.2) is 6.61 Å². The zero-order valence-corrected chi connectivity index (χ0v) is 17.0. The highest BCUT2D eigenvalue weighted by molar-refractivity contribution is 9.10. The number of carbonyl (C=O) groups excluding carboxylic acids is 1. The van der Waals surface area contributed by atoms with Crippen molar-refractivity contribution in [2.24, 2.45) is 0 Å². The summed E-state index contributed by atoms with van der Waals surface area (Å²) in [5, 5.41) is 0. The van der Waals surface area contributed by atoms with Crippen molar-refractivity contribution in [1.82, 2.24) is 4.90 Å². The number of halogens is 4. The van der Waals surface area contributed by atoms with Gasteiger partial charge in [-0.15, -0.1) is 0 Å². The van der Waals surface area contributed by atoms with E-state index >= 15 is 0 Å². The minimum Gasteiger partial charge on any atom is -0.484 e.